The highest BCUT2D eigenvalue weighted by Gasteiger charge is 2.46. The average Bonchev–Trinajstić information content (AvgIpc) is 3.76. The number of ether oxygens (including phenoxy) is 1. The van der Waals surface area contributed by atoms with Gasteiger partial charge in [-0.3, -0.25) is 9.69 Å². The standard InChI is InChI=1S/C48H48N6O3/c1-3-57-43(55)33-53-47(56)54(42-32-34(2)24-29-41(42)44(52-53)35-16-8-4-9-17-35)40-27-25-39(26-28-40)51-45(46-49-30-31-50-46)48(36-18-10-5-11-19-36,37-20-12-6-13-21-37)38-22-14-7-15-23-38/h5-7,10-15,18-32,35,45,51H,3-4,8-9,16-17,33H2,1-2H3,(H,49,50). The number of aromatic nitrogens is 2. The number of aryl methyl sites for hydroxylation is 1. The Morgan fingerprint density at radius 3 is 2.02 bits per heavy atom. The number of fused-ring (bicyclic) bond motifs is 1. The molecule has 9 nitrogen and oxygen atoms in total. The number of amides is 2. The number of esters is 1. The van der Waals surface area contributed by atoms with E-state index in [4.69, 9.17) is 14.8 Å². The van der Waals surface area contributed by atoms with E-state index in [-0.39, 0.29) is 19.1 Å². The number of benzene rings is 5. The highest BCUT2D eigenvalue weighted by Crippen LogP contribution is 2.49. The van der Waals surface area contributed by atoms with Crippen molar-refractivity contribution in [2.75, 3.05) is 23.4 Å². The predicted molar refractivity (Wildman–Crippen MR) is 226 cm³/mol. The second-order valence-electron chi connectivity index (χ2n) is 14.8. The molecular weight excluding hydrogens is 709 g/mol. The van der Waals surface area contributed by atoms with E-state index in [1.165, 1.54) is 11.4 Å². The lowest BCUT2D eigenvalue weighted by molar-refractivity contribution is -0.143. The highest BCUT2D eigenvalue weighted by molar-refractivity contribution is 6.14. The van der Waals surface area contributed by atoms with Crippen molar-refractivity contribution in [2.45, 2.75) is 57.4 Å². The monoisotopic (exact) mass is 756 g/mol. The van der Waals surface area contributed by atoms with Gasteiger partial charge in [0.15, 0.2) is 0 Å². The number of carbonyl (C=O) groups is 2. The molecule has 0 bridgehead atoms. The summed E-state index contributed by atoms with van der Waals surface area (Å²) in [4.78, 5) is 37.6. The molecule has 2 N–H and O–H groups in total. The van der Waals surface area contributed by atoms with Crippen LogP contribution in [0.25, 0.3) is 0 Å². The third-order valence-electron chi connectivity index (χ3n) is 11.2. The molecule has 288 valence electrons. The van der Waals surface area contributed by atoms with E-state index >= 15 is 0 Å². The summed E-state index contributed by atoms with van der Waals surface area (Å²) in [6.07, 6.45) is 9.01. The second-order valence-corrected chi connectivity index (χ2v) is 14.8. The molecule has 5 aromatic carbocycles. The number of urea groups is 1. The molecule has 9 heteroatoms. The molecule has 1 aliphatic carbocycles. The van der Waals surface area contributed by atoms with Crippen LogP contribution in [-0.2, 0) is 14.9 Å². The highest BCUT2D eigenvalue weighted by atomic mass is 16.5. The largest absolute Gasteiger partial charge is 0.465 e. The number of nitrogens with zero attached hydrogens (tertiary/aromatic N) is 4. The molecule has 8 rings (SSSR count). The fraction of sp³-hybridized carbons (Fsp3) is 0.250. The number of hydrazone groups is 1. The summed E-state index contributed by atoms with van der Waals surface area (Å²) in [5, 5.41) is 10.2. The Hall–Kier alpha value is -6.48. The van der Waals surface area contributed by atoms with Gasteiger partial charge in [-0.2, -0.15) is 5.10 Å². The Morgan fingerprint density at radius 2 is 1.46 bits per heavy atom. The number of hydrogen-bond donors (Lipinski definition) is 2. The van der Waals surface area contributed by atoms with Crippen LogP contribution in [0.15, 0.2) is 151 Å². The molecule has 6 aromatic rings. The van der Waals surface area contributed by atoms with E-state index in [9.17, 15) is 9.59 Å². The molecule has 1 unspecified atom stereocenters. The fourth-order valence-corrected chi connectivity index (χ4v) is 8.64. The molecule has 57 heavy (non-hydrogen) atoms. The summed E-state index contributed by atoms with van der Waals surface area (Å²) in [5.41, 5.74) is 7.60. The van der Waals surface area contributed by atoms with Gasteiger partial charge >= 0.3 is 12.0 Å². The lowest BCUT2D eigenvalue weighted by atomic mass is 9.64. The van der Waals surface area contributed by atoms with Crippen molar-refractivity contribution in [1.82, 2.24) is 15.0 Å². The zero-order valence-electron chi connectivity index (χ0n) is 32.5. The van der Waals surface area contributed by atoms with Crippen LogP contribution >= 0.6 is 0 Å². The summed E-state index contributed by atoms with van der Waals surface area (Å²) >= 11 is 0. The Bertz CT molecular complexity index is 2210. The molecule has 2 amide bonds. The van der Waals surface area contributed by atoms with Crippen molar-refractivity contribution in [3.63, 3.8) is 0 Å². The maximum Gasteiger partial charge on any atom is 0.350 e. The summed E-state index contributed by atoms with van der Waals surface area (Å²) in [7, 11) is 0. The molecule has 0 saturated heterocycles. The zero-order chi connectivity index (χ0) is 39.2. The summed E-state index contributed by atoms with van der Waals surface area (Å²) in [5.74, 6) is 0.452. The molecule has 1 fully saturated rings. The third kappa shape index (κ3) is 7.45. The normalized spacial score (nSPS) is 15.3. The predicted octanol–water partition coefficient (Wildman–Crippen LogP) is 10.3. The van der Waals surface area contributed by atoms with Crippen molar-refractivity contribution >= 4 is 34.8 Å². The lowest BCUT2D eigenvalue weighted by Gasteiger charge is -2.42. The smallest absolute Gasteiger partial charge is 0.350 e. The van der Waals surface area contributed by atoms with Gasteiger partial charge < -0.3 is 15.0 Å². The summed E-state index contributed by atoms with van der Waals surface area (Å²) in [6, 6.07) is 45.0. The van der Waals surface area contributed by atoms with Crippen LogP contribution in [-0.4, -0.2) is 45.8 Å². The van der Waals surface area contributed by atoms with E-state index in [2.05, 4.69) is 95.2 Å². The Balaban J connectivity index is 1.23. The molecule has 2 aliphatic rings. The quantitative estimate of drug-likeness (QED) is 0.0956. The maximum atomic E-state index is 14.7. The number of hydrogen-bond acceptors (Lipinski definition) is 6. The Kier molecular flexibility index (Phi) is 11.0. The van der Waals surface area contributed by atoms with Crippen molar-refractivity contribution < 1.29 is 14.3 Å². The minimum Gasteiger partial charge on any atom is -0.465 e. The van der Waals surface area contributed by atoms with Crippen molar-refractivity contribution in [1.29, 1.82) is 0 Å². The van der Waals surface area contributed by atoms with Gasteiger partial charge in [-0.25, -0.2) is 14.8 Å². The van der Waals surface area contributed by atoms with Gasteiger partial charge in [-0.05, 0) is 79.3 Å². The second kappa shape index (κ2) is 16.7. The molecule has 0 spiro atoms. The van der Waals surface area contributed by atoms with E-state index in [0.29, 0.717) is 5.69 Å². The van der Waals surface area contributed by atoms with Gasteiger partial charge in [-0.15, -0.1) is 0 Å². The van der Waals surface area contributed by atoms with Gasteiger partial charge in [0.1, 0.15) is 18.4 Å². The number of nitrogens with one attached hydrogen (secondary N) is 2. The first-order valence-corrected chi connectivity index (χ1v) is 20.0. The first-order valence-electron chi connectivity index (χ1n) is 20.0. The zero-order valence-corrected chi connectivity index (χ0v) is 32.5. The first kappa shape index (κ1) is 37.4. The minimum absolute atomic E-state index is 0.182. The molecule has 1 atom stereocenters. The molecular formula is C48H48N6O3. The van der Waals surface area contributed by atoms with Gasteiger partial charge in [0.2, 0.25) is 0 Å². The molecule has 0 radical (unpaired) electrons. The van der Waals surface area contributed by atoms with E-state index in [0.717, 1.165) is 76.4 Å². The summed E-state index contributed by atoms with van der Waals surface area (Å²) in [6.45, 7) is 3.73. The van der Waals surface area contributed by atoms with Gasteiger partial charge in [0.05, 0.1) is 29.1 Å². The van der Waals surface area contributed by atoms with Gasteiger partial charge in [0.25, 0.3) is 0 Å². The summed E-state index contributed by atoms with van der Waals surface area (Å²) < 4.78 is 5.32. The number of H-pyrrole nitrogens is 1. The SMILES string of the molecule is CCOC(=O)CN1N=C(C2CCCCC2)c2ccc(C)cc2N(c2ccc(NC(c3ncc[nH]3)C(c3ccccc3)(c3ccccc3)c3ccccc3)cc2)C1=O. The van der Waals surface area contributed by atoms with Crippen molar-refractivity contribution in [3.8, 4) is 0 Å². The molecule has 1 saturated carbocycles. The molecule has 2 heterocycles. The van der Waals surface area contributed by atoms with Gasteiger partial charge in [-0.1, -0.05) is 122 Å². The number of carbonyl (C=O) groups excluding carboxylic acids is 2. The fourth-order valence-electron chi connectivity index (χ4n) is 8.64. The van der Waals surface area contributed by atoms with Gasteiger partial charge in [0, 0.05) is 29.6 Å². The van der Waals surface area contributed by atoms with Crippen LogP contribution in [0.2, 0.25) is 0 Å². The van der Waals surface area contributed by atoms with Crippen LogP contribution in [0.4, 0.5) is 21.9 Å². The third-order valence-corrected chi connectivity index (χ3v) is 11.2. The van der Waals surface area contributed by atoms with E-state index in [1.807, 2.05) is 61.7 Å². The van der Waals surface area contributed by atoms with E-state index in [1.54, 1.807) is 18.0 Å². The Morgan fingerprint density at radius 1 is 0.842 bits per heavy atom. The topological polar surface area (TPSA) is 103 Å². The number of rotatable bonds is 12. The van der Waals surface area contributed by atoms with Crippen LogP contribution < -0.4 is 10.2 Å². The first-order chi connectivity index (χ1) is 28.0. The van der Waals surface area contributed by atoms with E-state index < -0.39 is 23.5 Å². The van der Waals surface area contributed by atoms with Crippen molar-refractivity contribution in [3.05, 3.63) is 179 Å². The van der Waals surface area contributed by atoms with Crippen molar-refractivity contribution in [2.24, 2.45) is 11.0 Å². The van der Waals surface area contributed by atoms with Crippen LogP contribution in [0.5, 0.6) is 0 Å². The number of aromatic amines is 1. The average molecular weight is 757 g/mol. The number of imidazole rings is 1. The lowest BCUT2D eigenvalue weighted by Crippen LogP contribution is -2.41. The molecule has 1 aromatic heterocycles. The van der Waals surface area contributed by atoms with Crippen LogP contribution in [0, 0.1) is 12.8 Å². The van der Waals surface area contributed by atoms with Crippen LogP contribution in [0.1, 0.15) is 78.7 Å². The molecule has 1 aliphatic heterocycles. The van der Waals surface area contributed by atoms with Crippen LogP contribution in [0.3, 0.4) is 0 Å². The maximum absolute atomic E-state index is 14.7. The number of anilines is 3. The minimum atomic E-state index is -0.724. The Labute approximate surface area is 334 Å².